The lowest BCUT2D eigenvalue weighted by atomic mass is 9.87. The van der Waals surface area contributed by atoms with Gasteiger partial charge in [-0.2, -0.15) is 0 Å². The molecule has 0 atom stereocenters. The predicted molar refractivity (Wildman–Crippen MR) is 94.0 cm³/mol. The highest BCUT2D eigenvalue weighted by atomic mass is 32.2. The highest BCUT2D eigenvalue weighted by molar-refractivity contribution is 7.90. The molecule has 6 nitrogen and oxygen atoms in total. The first-order valence-corrected chi connectivity index (χ1v) is 9.77. The minimum Gasteiger partial charge on any atom is -0.508 e. The first-order chi connectivity index (χ1) is 12.3. The van der Waals surface area contributed by atoms with Crippen LogP contribution in [-0.4, -0.2) is 32.4 Å². The quantitative estimate of drug-likeness (QED) is 0.827. The molecule has 1 aliphatic carbocycles. The number of sulfone groups is 1. The van der Waals surface area contributed by atoms with Crippen molar-refractivity contribution in [3.63, 3.8) is 0 Å². The first-order valence-electron chi connectivity index (χ1n) is 8.12. The molecular weight excluding hydrogens is 356 g/mol. The normalized spacial score (nSPS) is 14.0. The SMILES string of the molecule is COC(=O)c1ccccc1S(=O)(=O)Cc1c(O)ccc2c1CCCC2=O. The second kappa shape index (κ2) is 6.92. The lowest BCUT2D eigenvalue weighted by Crippen LogP contribution is -2.17. The largest absolute Gasteiger partial charge is 0.508 e. The Bertz CT molecular complexity index is 991. The van der Waals surface area contributed by atoms with E-state index in [2.05, 4.69) is 4.74 Å². The Kier molecular flexibility index (Phi) is 4.82. The number of fused-ring (bicyclic) bond motifs is 1. The minimum absolute atomic E-state index is 0.0557. The summed E-state index contributed by atoms with van der Waals surface area (Å²) in [4.78, 5) is 23.8. The summed E-state index contributed by atoms with van der Waals surface area (Å²) in [6.45, 7) is 0. The Balaban J connectivity index is 2.09. The third-order valence-corrected chi connectivity index (χ3v) is 6.19. The zero-order valence-electron chi connectivity index (χ0n) is 14.2. The number of Topliss-reactive ketones (excluding diaryl/α,β-unsaturated/α-hetero) is 1. The van der Waals surface area contributed by atoms with Crippen LogP contribution in [0.3, 0.4) is 0 Å². The lowest BCUT2D eigenvalue weighted by molar-refractivity contribution is 0.0596. The van der Waals surface area contributed by atoms with Crippen molar-refractivity contribution in [1.82, 2.24) is 0 Å². The van der Waals surface area contributed by atoms with Crippen molar-refractivity contribution in [2.24, 2.45) is 0 Å². The molecular formula is C19H18O6S. The molecule has 0 heterocycles. The number of carbonyl (C=O) groups is 2. The summed E-state index contributed by atoms with van der Waals surface area (Å²) in [7, 11) is -2.77. The Labute approximate surface area is 151 Å². The highest BCUT2D eigenvalue weighted by Crippen LogP contribution is 2.33. The van der Waals surface area contributed by atoms with Crippen molar-refractivity contribution in [3.05, 3.63) is 58.7 Å². The van der Waals surface area contributed by atoms with E-state index in [1.807, 2.05) is 0 Å². The smallest absolute Gasteiger partial charge is 0.339 e. The number of benzene rings is 2. The van der Waals surface area contributed by atoms with Crippen molar-refractivity contribution in [2.45, 2.75) is 29.9 Å². The van der Waals surface area contributed by atoms with E-state index in [0.29, 0.717) is 30.4 Å². The van der Waals surface area contributed by atoms with Crippen LogP contribution >= 0.6 is 0 Å². The number of hydrogen-bond acceptors (Lipinski definition) is 6. The maximum absolute atomic E-state index is 13.0. The number of methoxy groups -OCH3 is 1. The maximum atomic E-state index is 13.0. The minimum atomic E-state index is -3.94. The van der Waals surface area contributed by atoms with E-state index in [0.717, 1.165) is 0 Å². The van der Waals surface area contributed by atoms with Crippen molar-refractivity contribution in [1.29, 1.82) is 0 Å². The third-order valence-electron chi connectivity index (χ3n) is 4.50. The lowest BCUT2D eigenvalue weighted by Gasteiger charge is -2.20. The van der Waals surface area contributed by atoms with Crippen LogP contribution in [0, 0.1) is 0 Å². The molecule has 0 fully saturated rings. The number of ether oxygens (including phenoxy) is 1. The zero-order chi connectivity index (χ0) is 18.9. The monoisotopic (exact) mass is 374 g/mol. The molecule has 0 saturated carbocycles. The van der Waals surface area contributed by atoms with E-state index in [-0.39, 0.29) is 27.6 Å². The number of phenols is 1. The van der Waals surface area contributed by atoms with Gasteiger partial charge in [0.1, 0.15) is 5.75 Å². The number of ketones is 1. The molecule has 0 radical (unpaired) electrons. The number of esters is 1. The molecule has 2 aromatic carbocycles. The first kappa shape index (κ1) is 18.1. The van der Waals surface area contributed by atoms with Crippen LogP contribution < -0.4 is 0 Å². The molecule has 0 unspecified atom stereocenters. The highest BCUT2D eigenvalue weighted by Gasteiger charge is 2.28. The van der Waals surface area contributed by atoms with E-state index in [1.54, 1.807) is 6.07 Å². The summed E-state index contributed by atoms with van der Waals surface area (Å²) in [6.07, 6.45) is 1.55. The summed E-state index contributed by atoms with van der Waals surface area (Å²) >= 11 is 0. The molecule has 0 saturated heterocycles. The summed E-state index contributed by atoms with van der Waals surface area (Å²) in [6, 6.07) is 8.65. The standard InChI is InChI=1S/C19H18O6S/c1-25-19(22)14-5-2-3-8-18(14)26(23,24)11-15-12-6-4-7-16(20)13(12)9-10-17(15)21/h2-3,5,8-10,21H,4,6-7,11H2,1H3. The van der Waals surface area contributed by atoms with Gasteiger partial charge in [-0.25, -0.2) is 13.2 Å². The van der Waals surface area contributed by atoms with Crippen molar-refractivity contribution >= 4 is 21.6 Å². The van der Waals surface area contributed by atoms with Gasteiger partial charge in [-0.1, -0.05) is 12.1 Å². The molecule has 1 N–H and O–H groups in total. The van der Waals surface area contributed by atoms with Crippen molar-refractivity contribution in [2.75, 3.05) is 7.11 Å². The molecule has 2 aromatic rings. The molecule has 0 spiro atoms. The van der Waals surface area contributed by atoms with Crippen LogP contribution in [0.15, 0.2) is 41.3 Å². The van der Waals surface area contributed by atoms with Crippen LogP contribution in [0.4, 0.5) is 0 Å². The molecule has 3 rings (SSSR count). The summed E-state index contributed by atoms with van der Waals surface area (Å²) < 4.78 is 30.6. The van der Waals surface area contributed by atoms with E-state index < -0.39 is 21.6 Å². The average Bonchev–Trinajstić information content (AvgIpc) is 2.63. The van der Waals surface area contributed by atoms with Gasteiger partial charge in [-0.15, -0.1) is 0 Å². The molecule has 1 aliphatic rings. The second-order valence-electron chi connectivity index (χ2n) is 6.11. The Morgan fingerprint density at radius 1 is 1.15 bits per heavy atom. The Morgan fingerprint density at radius 2 is 1.88 bits per heavy atom. The molecule has 0 amide bonds. The summed E-state index contributed by atoms with van der Waals surface area (Å²) in [5, 5.41) is 10.2. The summed E-state index contributed by atoms with van der Waals surface area (Å²) in [5.41, 5.74) is 1.19. The number of aromatic hydroxyl groups is 1. The molecule has 7 heteroatoms. The van der Waals surface area contributed by atoms with Crippen molar-refractivity contribution in [3.8, 4) is 5.75 Å². The van der Waals surface area contributed by atoms with Crippen LogP contribution in [0.1, 0.15) is 44.7 Å². The maximum Gasteiger partial charge on any atom is 0.339 e. The van der Waals surface area contributed by atoms with Crippen LogP contribution in [0.2, 0.25) is 0 Å². The molecule has 0 bridgehead atoms. The number of carbonyl (C=O) groups excluding carboxylic acids is 2. The van der Waals surface area contributed by atoms with Crippen molar-refractivity contribution < 1.29 is 27.9 Å². The number of phenolic OH excluding ortho intramolecular Hbond substituents is 1. The second-order valence-corrected chi connectivity index (χ2v) is 8.07. The van der Waals surface area contributed by atoms with Gasteiger partial charge in [0.25, 0.3) is 0 Å². The van der Waals surface area contributed by atoms with E-state index in [1.165, 1.54) is 37.4 Å². The molecule has 0 aromatic heterocycles. The molecule has 26 heavy (non-hydrogen) atoms. The molecule has 0 aliphatic heterocycles. The molecule has 136 valence electrons. The number of rotatable bonds is 4. The van der Waals surface area contributed by atoms with Crippen LogP contribution in [-0.2, 0) is 26.7 Å². The number of hydrogen-bond donors (Lipinski definition) is 1. The van der Waals surface area contributed by atoms with E-state index in [9.17, 15) is 23.1 Å². The topological polar surface area (TPSA) is 97.7 Å². The Morgan fingerprint density at radius 3 is 2.62 bits per heavy atom. The third kappa shape index (κ3) is 3.22. The van der Waals surface area contributed by atoms with Gasteiger partial charge in [0.2, 0.25) is 0 Å². The van der Waals surface area contributed by atoms with Gasteiger partial charge < -0.3 is 9.84 Å². The fraction of sp³-hybridized carbons (Fsp3) is 0.263. The van der Waals surface area contributed by atoms with Gasteiger partial charge in [0.05, 0.1) is 23.3 Å². The summed E-state index contributed by atoms with van der Waals surface area (Å²) in [5.74, 6) is -1.47. The predicted octanol–water partition coefficient (Wildman–Crippen LogP) is 2.67. The average molecular weight is 374 g/mol. The van der Waals surface area contributed by atoms with Crippen LogP contribution in [0.25, 0.3) is 0 Å². The zero-order valence-corrected chi connectivity index (χ0v) is 15.0. The van der Waals surface area contributed by atoms with E-state index in [4.69, 9.17) is 0 Å². The van der Waals surface area contributed by atoms with Gasteiger partial charge in [-0.3, -0.25) is 4.79 Å². The fourth-order valence-electron chi connectivity index (χ4n) is 3.23. The fourth-order valence-corrected chi connectivity index (χ4v) is 4.86. The van der Waals surface area contributed by atoms with Crippen LogP contribution in [0.5, 0.6) is 5.75 Å². The van der Waals surface area contributed by atoms with Gasteiger partial charge >= 0.3 is 5.97 Å². The Hall–Kier alpha value is -2.67. The van der Waals surface area contributed by atoms with E-state index >= 15 is 0 Å². The van der Waals surface area contributed by atoms with Gasteiger partial charge in [0, 0.05) is 17.5 Å². The van der Waals surface area contributed by atoms with Gasteiger partial charge in [0.15, 0.2) is 15.6 Å². The van der Waals surface area contributed by atoms with Gasteiger partial charge in [-0.05, 0) is 42.7 Å².